The highest BCUT2D eigenvalue weighted by Crippen LogP contribution is 2.15. The first-order chi connectivity index (χ1) is 8.72. The molecule has 0 radical (unpaired) electrons. The zero-order valence-corrected chi connectivity index (χ0v) is 13.6. The van der Waals surface area contributed by atoms with E-state index < -0.39 is 22.0 Å². The van der Waals surface area contributed by atoms with Crippen molar-refractivity contribution in [1.29, 1.82) is 0 Å². The second-order valence-electron chi connectivity index (χ2n) is 4.52. The summed E-state index contributed by atoms with van der Waals surface area (Å²) >= 11 is 2.08. The van der Waals surface area contributed by atoms with Gasteiger partial charge in [-0.1, -0.05) is 13.8 Å². The average molecular weight is 397 g/mol. The van der Waals surface area contributed by atoms with Crippen molar-refractivity contribution in [3.63, 3.8) is 0 Å². The Balaban J connectivity index is 2.93. The minimum absolute atomic E-state index is 0.102. The van der Waals surface area contributed by atoms with E-state index in [0.717, 1.165) is 3.57 Å². The first-order valence-corrected chi connectivity index (χ1v) is 8.28. The average Bonchev–Trinajstić information content (AvgIpc) is 2.27. The minimum Gasteiger partial charge on any atom is -0.481 e. The lowest BCUT2D eigenvalue weighted by atomic mass is 10.0. The lowest BCUT2D eigenvalue weighted by molar-refractivity contribution is -0.137. The number of rotatable bonds is 6. The van der Waals surface area contributed by atoms with E-state index in [0.29, 0.717) is 0 Å². The quantitative estimate of drug-likeness (QED) is 0.720. The molecule has 0 saturated carbocycles. The molecule has 106 valence electrons. The number of nitrogens with one attached hydrogen (secondary N) is 1. The topological polar surface area (TPSA) is 83.5 Å². The molecule has 0 heterocycles. The van der Waals surface area contributed by atoms with E-state index in [-0.39, 0.29) is 17.2 Å². The Hall–Kier alpha value is -0.670. The summed E-state index contributed by atoms with van der Waals surface area (Å²) in [6, 6.07) is 5.76. The molecule has 0 saturated heterocycles. The molecule has 2 N–H and O–H groups in total. The van der Waals surface area contributed by atoms with E-state index in [1.54, 1.807) is 26.0 Å². The van der Waals surface area contributed by atoms with Crippen LogP contribution in [0.25, 0.3) is 0 Å². The number of hydrogen-bond acceptors (Lipinski definition) is 3. The number of sulfonamides is 1. The molecule has 0 spiro atoms. The second-order valence-corrected chi connectivity index (χ2v) is 7.48. The van der Waals surface area contributed by atoms with E-state index in [9.17, 15) is 13.2 Å². The largest absolute Gasteiger partial charge is 0.481 e. The fourth-order valence-corrected chi connectivity index (χ4v) is 3.23. The molecular formula is C12H16INO4S. The van der Waals surface area contributed by atoms with Gasteiger partial charge in [0, 0.05) is 9.61 Å². The van der Waals surface area contributed by atoms with Crippen molar-refractivity contribution < 1.29 is 18.3 Å². The molecular weight excluding hydrogens is 381 g/mol. The van der Waals surface area contributed by atoms with Gasteiger partial charge >= 0.3 is 5.97 Å². The van der Waals surface area contributed by atoms with Gasteiger partial charge in [0.1, 0.15) is 0 Å². The summed E-state index contributed by atoms with van der Waals surface area (Å²) in [6.45, 7) is 3.56. The van der Waals surface area contributed by atoms with E-state index >= 15 is 0 Å². The molecule has 0 fully saturated rings. The Kier molecular flexibility index (Phi) is 5.75. The van der Waals surface area contributed by atoms with Crippen LogP contribution >= 0.6 is 22.6 Å². The highest BCUT2D eigenvalue weighted by molar-refractivity contribution is 14.1. The Bertz CT molecular complexity index is 539. The SMILES string of the molecule is CC(C)C(CC(=O)O)NS(=O)(=O)c1ccc(I)cc1. The van der Waals surface area contributed by atoms with Crippen LogP contribution < -0.4 is 4.72 Å². The molecule has 1 unspecified atom stereocenters. The van der Waals surface area contributed by atoms with Gasteiger partial charge < -0.3 is 5.11 Å². The van der Waals surface area contributed by atoms with E-state index in [1.807, 2.05) is 0 Å². The van der Waals surface area contributed by atoms with Crippen LogP contribution in [0.4, 0.5) is 0 Å². The van der Waals surface area contributed by atoms with Crippen LogP contribution in [-0.4, -0.2) is 25.5 Å². The zero-order valence-electron chi connectivity index (χ0n) is 10.6. The molecule has 0 aromatic heterocycles. The molecule has 1 atom stereocenters. The monoisotopic (exact) mass is 397 g/mol. The maximum Gasteiger partial charge on any atom is 0.304 e. The number of halogens is 1. The Labute approximate surface area is 126 Å². The van der Waals surface area contributed by atoms with Crippen molar-refractivity contribution >= 4 is 38.6 Å². The maximum atomic E-state index is 12.1. The van der Waals surface area contributed by atoms with Gasteiger partial charge in [0.2, 0.25) is 10.0 Å². The first-order valence-electron chi connectivity index (χ1n) is 5.72. The first kappa shape index (κ1) is 16.4. The molecule has 0 aliphatic rings. The standard InChI is InChI=1S/C12H16INO4S/c1-8(2)11(7-12(15)16)14-19(17,18)10-5-3-9(13)4-6-10/h3-6,8,11,14H,7H2,1-2H3,(H,15,16). The van der Waals surface area contributed by atoms with Crippen molar-refractivity contribution in [3.05, 3.63) is 27.8 Å². The van der Waals surface area contributed by atoms with Gasteiger partial charge in [0.15, 0.2) is 0 Å². The normalized spacial score (nSPS) is 13.5. The molecule has 0 aliphatic carbocycles. The number of aliphatic carboxylic acids is 1. The molecule has 1 aromatic carbocycles. The predicted octanol–water partition coefficient (Wildman–Crippen LogP) is 2.07. The third-order valence-corrected chi connectivity index (χ3v) is 4.85. The van der Waals surface area contributed by atoms with Crippen LogP contribution in [0.5, 0.6) is 0 Å². The van der Waals surface area contributed by atoms with Gasteiger partial charge in [-0.2, -0.15) is 0 Å². The fourth-order valence-electron chi connectivity index (χ4n) is 1.48. The third kappa shape index (κ3) is 5.07. The second kappa shape index (κ2) is 6.67. The van der Waals surface area contributed by atoms with Gasteiger partial charge in [-0.05, 0) is 52.8 Å². The van der Waals surface area contributed by atoms with Crippen molar-refractivity contribution in [1.82, 2.24) is 4.72 Å². The molecule has 19 heavy (non-hydrogen) atoms. The van der Waals surface area contributed by atoms with E-state index in [4.69, 9.17) is 5.11 Å². The maximum absolute atomic E-state index is 12.1. The van der Waals surface area contributed by atoms with Crippen LogP contribution in [0.15, 0.2) is 29.2 Å². The van der Waals surface area contributed by atoms with Crippen LogP contribution in [0.1, 0.15) is 20.3 Å². The van der Waals surface area contributed by atoms with Crippen LogP contribution in [0, 0.1) is 9.49 Å². The molecule has 7 heteroatoms. The Morgan fingerprint density at radius 1 is 1.32 bits per heavy atom. The summed E-state index contributed by atoms with van der Waals surface area (Å²) in [4.78, 5) is 10.9. The molecule has 0 amide bonds. The summed E-state index contributed by atoms with van der Waals surface area (Å²) in [6.07, 6.45) is -0.235. The summed E-state index contributed by atoms with van der Waals surface area (Å²) in [5, 5.41) is 8.80. The third-order valence-electron chi connectivity index (χ3n) is 2.63. The number of carbonyl (C=O) groups is 1. The molecule has 1 rings (SSSR count). The van der Waals surface area contributed by atoms with Crippen LogP contribution in [0.3, 0.4) is 0 Å². The van der Waals surface area contributed by atoms with Gasteiger partial charge in [-0.15, -0.1) is 0 Å². The highest BCUT2D eigenvalue weighted by atomic mass is 127. The number of hydrogen-bond donors (Lipinski definition) is 2. The fraction of sp³-hybridized carbons (Fsp3) is 0.417. The lowest BCUT2D eigenvalue weighted by Crippen LogP contribution is -2.40. The number of carboxylic acids is 1. The smallest absolute Gasteiger partial charge is 0.304 e. The zero-order chi connectivity index (χ0) is 14.6. The van der Waals surface area contributed by atoms with Crippen molar-refractivity contribution in [2.24, 2.45) is 5.92 Å². The number of benzene rings is 1. The van der Waals surface area contributed by atoms with Gasteiger partial charge in [0.25, 0.3) is 0 Å². The van der Waals surface area contributed by atoms with Gasteiger partial charge in [-0.25, -0.2) is 13.1 Å². The molecule has 0 aliphatic heterocycles. The minimum atomic E-state index is -3.68. The van der Waals surface area contributed by atoms with Crippen LogP contribution in [0.2, 0.25) is 0 Å². The molecule has 5 nitrogen and oxygen atoms in total. The molecule has 0 bridgehead atoms. The van der Waals surface area contributed by atoms with Crippen LogP contribution in [-0.2, 0) is 14.8 Å². The van der Waals surface area contributed by atoms with Crippen molar-refractivity contribution in [3.8, 4) is 0 Å². The molecule has 1 aromatic rings. The summed E-state index contributed by atoms with van der Waals surface area (Å²) in [5.74, 6) is -1.13. The predicted molar refractivity (Wildman–Crippen MR) is 80.4 cm³/mol. The van der Waals surface area contributed by atoms with Gasteiger partial charge in [-0.3, -0.25) is 4.79 Å². The Morgan fingerprint density at radius 3 is 2.26 bits per heavy atom. The number of carboxylic acid groups (broad SMARTS) is 1. The van der Waals surface area contributed by atoms with E-state index in [1.165, 1.54) is 12.1 Å². The summed E-state index contributed by atoms with van der Waals surface area (Å²) < 4.78 is 27.6. The summed E-state index contributed by atoms with van der Waals surface area (Å²) in [7, 11) is -3.68. The summed E-state index contributed by atoms with van der Waals surface area (Å²) in [5.41, 5.74) is 0. The van der Waals surface area contributed by atoms with Crippen molar-refractivity contribution in [2.75, 3.05) is 0 Å². The Morgan fingerprint density at radius 2 is 1.84 bits per heavy atom. The van der Waals surface area contributed by atoms with Gasteiger partial charge in [0.05, 0.1) is 11.3 Å². The van der Waals surface area contributed by atoms with Crippen molar-refractivity contribution in [2.45, 2.75) is 31.2 Å². The van der Waals surface area contributed by atoms with E-state index in [2.05, 4.69) is 27.3 Å². The highest BCUT2D eigenvalue weighted by Gasteiger charge is 2.24. The lowest BCUT2D eigenvalue weighted by Gasteiger charge is -2.20.